The third kappa shape index (κ3) is 4.62. The Hall–Kier alpha value is -0.730. The van der Waals surface area contributed by atoms with Gasteiger partial charge >= 0.3 is 0 Å². The van der Waals surface area contributed by atoms with Crippen LogP contribution in [0.4, 0.5) is 5.69 Å². The molecular weight excluding hydrogens is 280 g/mol. The molecule has 0 amide bonds. The maximum atomic E-state index is 6.53. The van der Waals surface area contributed by atoms with Crippen molar-refractivity contribution in [2.24, 2.45) is 5.92 Å². The summed E-state index contributed by atoms with van der Waals surface area (Å²) in [6, 6.07) is 7.03. The molecule has 1 aromatic rings. The van der Waals surface area contributed by atoms with E-state index in [1.165, 1.54) is 36.9 Å². The average Bonchev–Trinajstić information content (AvgIpc) is 3.32. The van der Waals surface area contributed by atoms with Gasteiger partial charge in [-0.1, -0.05) is 50.4 Å². The van der Waals surface area contributed by atoms with Crippen LogP contribution in [0.15, 0.2) is 18.2 Å². The number of anilines is 1. The summed E-state index contributed by atoms with van der Waals surface area (Å²) in [5.41, 5.74) is 2.57. The number of nitrogens with one attached hydrogen (secondary N) is 1. The minimum atomic E-state index is 0.728. The molecule has 118 valence electrons. The van der Waals surface area contributed by atoms with Crippen LogP contribution in [0.1, 0.15) is 52.0 Å². The first kappa shape index (κ1) is 16.6. The van der Waals surface area contributed by atoms with E-state index in [4.69, 9.17) is 11.6 Å². The van der Waals surface area contributed by atoms with Crippen LogP contribution in [0.2, 0.25) is 5.02 Å². The summed E-state index contributed by atoms with van der Waals surface area (Å²) in [4.78, 5) is 2.46. The molecule has 0 spiro atoms. The van der Waals surface area contributed by atoms with Gasteiger partial charge in [-0.2, -0.15) is 0 Å². The molecule has 1 N–H and O–H groups in total. The lowest BCUT2D eigenvalue weighted by atomic mass is 10.0. The molecule has 1 saturated carbocycles. The van der Waals surface area contributed by atoms with Gasteiger partial charge in [-0.15, -0.1) is 0 Å². The van der Waals surface area contributed by atoms with Crippen molar-refractivity contribution in [2.45, 2.75) is 59.0 Å². The molecule has 1 aromatic carbocycles. The number of nitrogens with zero attached hydrogens (tertiary/aromatic N) is 1. The van der Waals surface area contributed by atoms with E-state index in [-0.39, 0.29) is 0 Å². The molecule has 1 fully saturated rings. The van der Waals surface area contributed by atoms with Crippen LogP contribution in [-0.4, -0.2) is 19.1 Å². The lowest BCUT2D eigenvalue weighted by molar-refractivity contribution is 0.485. The highest BCUT2D eigenvalue weighted by Crippen LogP contribution is 2.32. The molecule has 0 bridgehead atoms. The van der Waals surface area contributed by atoms with E-state index in [9.17, 15) is 0 Å². The summed E-state index contributed by atoms with van der Waals surface area (Å²) in [6.07, 6.45) is 5.10. The van der Waals surface area contributed by atoms with E-state index in [0.29, 0.717) is 0 Å². The first-order chi connectivity index (χ1) is 10.2. The van der Waals surface area contributed by atoms with Gasteiger partial charge in [-0.05, 0) is 37.3 Å². The van der Waals surface area contributed by atoms with Crippen molar-refractivity contribution < 1.29 is 0 Å². The van der Waals surface area contributed by atoms with Gasteiger partial charge in [-0.3, -0.25) is 0 Å². The van der Waals surface area contributed by atoms with E-state index < -0.39 is 0 Å². The van der Waals surface area contributed by atoms with Crippen molar-refractivity contribution in [3.8, 4) is 0 Å². The second-order valence-electron chi connectivity index (χ2n) is 6.12. The second kappa shape index (κ2) is 8.05. The van der Waals surface area contributed by atoms with Gasteiger partial charge in [0.25, 0.3) is 0 Å². The first-order valence-electron chi connectivity index (χ1n) is 8.45. The minimum Gasteiger partial charge on any atom is -0.370 e. The Labute approximate surface area is 134 Å². The Morgan fingerprint density at radius 1 is 1.24 bits per heavy atom. The molecule has 2 nitrogen and oxygen atoms in total. The maximum absolute atomic E-state index is 6.53. The third-order valence-corrected chi connectivity index (χ3v) is 4.87. The Balaban J connectivity index is 2.16. The lowest BCUT2D eigenvalue weighted by Crippen LogP contribution is -2.31. The maximum Gasteiger partial charge on any atom is 0.0642 e. The van der Waals surface area contributed by atoms with Crippen LogP contribution in [0.5, 0.6) is 0 Å². The first-order valence-corrected chi connectivity index (χ1v) is 8.83. The normalized spacial score (nSPS) is 14.7. The van der Waals surface area contributed by atoms with Gasteiger partial charge in [0.2, 0.25) is 0 Å². The zero-order valence-corrected chi connectivity index (χ0v) is 14.4. The molecule has 0 atom stereocenters. The molecule has 0 unspecified atom stereocenters. The predicted molar refractivity (Wildman–Crippen MR) is 93.3 cm³/mol. The van der Waals surface area contributed by atoms with E-state index in [1.807, 2.05) is 6.07 Å². The van der Waals surface area contributed by atoms with Crippen molar-refractivity contribution in [2.75, 3.05) is 18.0 Å². The Kier molecular flexibility index (Phi) is 6.38. The van der Waals surface area contributed by atoms with Gasteiger partial charge in [0.05, 0.1) is 10.7 Å². The highest BCUT2D eigenvalue weighted by atomic mass is 35.5. The van der Waals surface area contributed by atoms with Crippen molar-refractivity contribution >= 4 is 17.3 Å². The predicted octanol–water partition coefficient (Wildman–Crippen LogP) is 4.85. The molecular formula is C18H29ClN2. The van der Waals surface area contributed by atoms with Gasteiger partial charge < -0.3 is 10.2 Å². The van der Waals surface area contributed by atoms with Crippen LogP contribution >= 0.6 is 11.6 Å². The number of hydrogen-bond donors (Lipinski definition) is 1. The number of hydrogen-bond acceptors (Lipinski definition) is 2. The van der Waals surface area contributed by atoms with Crippen LogP contribution in [-0.2, 0) is 6.54 Å². The zero-order valence-electron chi connectivity index (χ0n) is 13.7. The summed E-state index contributed by atoms with van der Waals surface area (Å²) in [7, 11) is 0. The molecule has 1 aliphatic carbocycles. The molecule has 3 heteroatoms. The van der Waals surface area contributed by atoms with E-state index in [2.05, 4.69) is 43.1 Å². The molecule has 2 rings (SSSR count). The monoisotopic (exact) mass is 308 g/mol. The molecule has 0 saturated heterocycles. The summed E-state index contributed by atoms with van der Waals surface area (Å²) in [6.45, 7) is 9.83. The molecule has 0 radical (unpaired) electrons. The highest BCUT2D eigenvalue weighted by molar-refractivity contribution is 6.33. The molecule has 0 heterocycles. The summed E-state index contributed by atoms with van der Waals surface area (Å²) >= 11 is 6.53. The Morgan fingerprint density at radius 2 is 1.95 bits per heavy atom. The molecule has 1 aliphatic rings. The van der Waals surface area contributed by atoms with Gasteiger partial charge in [0.1, 0.15) is 0 Å². The highest BCUT2D eigenvalue weighted by Gasteiger charge is 2.22. The quantitative estimate of drug-likeness (QED) is 0.701. The zero-order chi connectivity index (χ0) is 15.2. The molecule has 0 aliphatic heterocycles. The lowest BCUT2D eigenvalue weighted by Gasteiger charge is -2.30. The summed E-state index contributed by atoms with van der Waals surface area (Å²) in [5, 5.41) is 4.50. The molecule has 0 aromatic heterocycles. The standard InChI is InChI=1S/C18H29ClN2/c1-4-14(5-2)13-21(6-3)18-15(8-7-9-17(18)19)12-20-16-10-11-16/h7-9,14,16,20H,4-6,10-13H2,1-3H3. The fraction of sp³-hybridized carbons (Fsp3) is 0.667. The minimum absolute atomic E-state index is 0.728. The number of benzene rings is 1. The van der Waals surface area contributed by atoms with Crippen LogP contribution in [0.3, 0.4) is 0 Å². The largest absolute Gasteiger partial charge is 0.370 e. The fourth-order valence-electron chi connectivity index (χ4n) is 2.84. The number of para-hydroxylation sites is 1. The van der Waals surface area contributed by atoms with E-state index in [0.717, 1.165) is 36.6 Å². The average molecular weight is 309 g/mol. The SMILES string of the molecule is CCC(CC)CN(CC)c1c(Cl)cccc1CNC1CC1. The fourth-order valence-corrected chi connectivity index (χ4v) is 3.15. The third-order valence-electron chi connectivity index (χ3n) is 4.56. The van der Waals surface area contributed by atoms with Crippen molar-refractivity contribution in [1.82, 2.24) is 5.32 Å². The number of halogens is 1. The van der Waals surface area contributed by atoms with Crippen molar-refractivity contribution in [1.29, 1.82) is 0 Å². The number of rotatable bonds is 9. The second-order valence-corrected chi connectivity index (χ2v) is 6.53. The Morgan fingerprint density at radius 3 is 2.52 bits per heavy atom. The van der Waals surface area contributed by atoms with Gasteiger partial charge in [0.15, 0.2) is 0 Å². The summed E-state index contributed by atoms with van der Waals surface area (Å²) in [5.74, 6) is 0.741. The summed E-state index contributed by atoms with van der Waals surface area (Å²) < 4.78 is 0. The van der Waals surface area contributed by atoms with Crippen LogP contribution < -0.4 is 10.2 Å². The molecule has 21 heavy (non-hydrogen) atoms. The van der Waals surface area contributed by atoms with Crippen molar-refractivity contribution in [3.63, 3.8) is 0 Å². The van der Waals surface area contributed by atoms with Gasteiger partial charge in [-0.25, -0.2) is 0 Å². The van der Waals surface area contributed by atoms with Gasteiger partial charge in [0, 0.05) is 25.7 Å². The topological polar surface area (TPSA) is 15.3 Å². The van der Waals surface area contributed by atoms with Crippen molar-refractivity contribution in [3.05, 3.63) is 28.8 Å². The smallest absolute Gasteiger partial charge is 0.0642 e. The van der Waals surface area contributed by atoms with Crippen LogP contribution in [0, 0.1) is 5.92 Å². The Bertz CT molecular complexity index is 439. The van der Waals surface area contributed by atoms with E-state index in [1.54, 1.807) is 0 Å². The van der Waals surface area contributed by atoms with Crippen LogP contribution in [0.25, 0.3) is 0 Å². The van der Waals surface area contributed by atoms with E-state index >= 15 is 0 Å².